The van der Waals surface area contributed by atoms with Gasteiger partial charge in [0.25, 0.3) is 5.91 Å². The number of nitrogens with one attached hydrogen (secondary N) is 1. The summed E-state index contributed by atoms with van der Waals surface area (Å²) in [7, 11) is 0. The molecule has 2 aromatic rings. The number of hydrogen-bond donors (Lipinski definition) is 2. The molecule has 0 aromatic heterocycles. The standard InChI is InChI=1S/C16H11ClN2O2/c17-15-4-2-1-3-11(15)9-12(10-18)16(21)19-13-5-7-14(20)8-6-13/h1-9,20H,(H,19,21)/b12-9-. The first-order valence-electron chi connectivity index (χ1n) is 6.07. The highest BCUT2D eigenvalue weighted by Gasteiger charge is 2.10. The highest BCUT2D eigenvalue weighted by Crippen LogP contribution is 2.19. The Morgan fingerprint density at radius 3 is 2.48 bits per heavy atom. The second-order valence-corrected chi connectivity index (χ2v) is 4.60. The fraction of sp³-hybridized carbons (Fsp3) is 0. The number of carbonyl (C=O) groups excluding carboxylic acids is 1. The zero-order chi connectivity index (χ0) is 15.2. The maximum atomic E-state index is 12.0. The van der Waals surface area contributed by atoms with Crippen LogP contribution >= 0.6 is 11.6 Å². The van der Waals surface area contributed by atoms with Crippen molar-refractivity contribution >= 4 is 29.3 Å². The number of carbonyl (C=O) groups is 1. The quantitative estimate of drug-likeness (QED) is 0.516. The average molecular weight is 299 g/mol. The number of nitriles is 1. The third-order valence-electron chi connectivity index (χ3n) is 2.70. The Morgan fingerprint density at radius 1 is 1.19 bits per heavy atom. The van der Waals surface area contributed by atoms with Gasteiger partial charge in [0.15, 0.2) is 0 Å². The smallest absolute Gasteiger partial charge is 0.266 e. The van der Waals surface area contributed by atoms with Gasteiger partial charge < -0.3 is 10.4 Å². The van der Waals surface area contributed by atoms with Crippen LogP contribution in [0.4, 0.5) is 5.69 Å². The Bertz CT molecular complexity index is 731. The summed E-state index contributed by atoms with van der Waals surface area (Å²) in [6.45, 7) is 0. The molecule has 2 aromatic carbocycles. The van der Waals surface area contributed by atoms with Gasteiger partial charge in [-0.15, -0.1) is 0 Å². The highest BCUT2D eigenvalue weighted by molar-refractivity contribution is 6.32. The highest BCUT2D eigenvalue weighted by atomic mass is 35.5. The molecular weight excluding hydrogens is 288 g/mol. The SMILES string of the molecule is N#C/C(=C/c1ccccc1Cl)C(=O)Nc1ccc(O)cc1. The molecule has 2 N–H and O–H groups in total. The van der Waals surface area contributed by atoms with Crippen LogP contribution in [0.2, 0.25) is 5.02 Å². The Hall–Kier alpha value is -2.77. The summed E-state index contributed by atoms with van der Waals surface area (Å²) in [5, 5.41) is 21.3. The van der Waals surface area contributed by atoms with Gasteiger partial charge in [0.1, 0.15) is 17.4 Å². The maximum absolute atomic E-state index is 12.0. The predicted octanol–water partition coefficient (Wildman–Crippen LogP) is 3.59. The van der Waals surface area contributed by atoms with Crippen LogP contribution in [0, 0.1) is 11.3 Å². The fourth-order valence-electron chi connectivity index (χ4n) is 1.64. The first kappa shape index (κ1) is 14.6. The lowest BCUT2D eigenvalue weighted by Gasteiger charge is -2.04. The molecule has 2 rings (SSSR count). The van der Waals surface area contributed by atoms with E-state index in [9.17, 15) is 9.90 Å². The maximum Gasteiger partial charge on any atom is 0.266 e. The molecule has 21 heavy (non-hydrogen) atoms. The second kappa shape index (κ2) is 6.60. The molecule has 0 aliphatic carbocycles. The Kier molecular flexibility index (Phi) is 4.60. The van der Waals surface area contributed by atoms with Crippen LogP contribution in [0.15, 0.2) is 54.1 Å². The number of nitrogens with zero attached hydrogens (tertiary/aromatic N) is 1. The number of anilines is 1. The first-order chi connectivity index (χ1) is 10.1. The molecule has 4 nitrogen and oxygen atoms in total. The van der Waals surface area contributed by atoms with E-state index in [0.717, 1.165) is 0 Å². The van der Waals surface area contributed by atoms with E-state index in [4.69, 9.17) is 16.9 Å². The molecule has 0 aliphatic rings. The van der Waals surface area contributed by atoms with Crippen molar-refractivity contribution in [2.75, 3.05) is 5.32 Å². The van der Waals surface area contributed by atoms with Crippen molar-refractivity contribution in [3.63, 3.8) is 0 Å². The van der Waals surface area contributed by atoms with Gasteiger partial charge >= 0.3 is 0 Å². The molecule has 0 heterocycles. The van der Waals surface area contributed by atoms with Crippen LogP contribution in [0.1, 0.15) is 5.56 Å². The van der Waals surface area contributed by atoms with E-state index in [-0.39, 0.29) is 11.3 Å². The van der Waals surface area contributed by atoms with E-state index in [1.807, 2.05) is 6.07 Å². The normalized spacial score (nSPS) is 10.8. The van der Waals surface area contributed by atoms with Crippen LogP contribution < -0.4 is 5.32 Å². The molecule has 0 fully saturated rings. The molecule has 0 bridgehead atoms. The number of benzene rings is 2. The van der Waals surface area contributed by atoms with Crippen molar-refractivity contribution in [3.05, 3.63) is 64.7 Å². The molecule has 0 unspecified atom stereocenters. The predicted molar refractivity (Wildman–Crippen MR) is 81.8 cm³/mol. The van der Waals surface area contributed by atoms with E-state index in [1.165, 1.54) is 30.3 Å². The lowest BCUT2D eigenvalue weighted by molar-refractivity contribution is -0.112. The van der Waals surface area contributed by atoms with Gasteiger partial charge in [-0.25, -0.2) is 0 Å². The van der Waals surface area contributed by atoms with E-state index in [1.54, 1.807) is 24.3 Å². The minimum Gasteiger partial charge on any atom is -0.508 e. The average Bonchev–Trinajstić information content (AvgIpc) is 2.48. The summed E-state index contributed by atoms with van der Waals surface area (Å²) in [5.74, 6) is -0.441. The van der Waals surface area contributed by atoms with Crippen molar-refractivity contribution in [1.82, 2.24) is 0 Å². The molecule has 1 amide bonds. The topological polar surface area (TPSA) is 73.1 Å². The molecule has 0 saturated carbocycles. The number of rotatable bonds is 3. The molecule has 0 saturated heterocycles. The van der Waals surface area contributed by atoms with Gasteiger partial charge in [-0.05, 0) is 42.0 Å². The van der Waals surface area contributed by atoms with Crippen LogP contribution in [-0.2, 0) is 4.79 Å². The van der Waals surface area contributed by atoms with E-state index >= 15 is 0 Å². The van der Waals surface area contributed by atoms with Crippen LogP contribution in [0.3, 0.4) is 0 Å². The Balaban J connectivity index is 2.22. The number of hydrogen-bond acceptors (Lipinski definition) is 3. The number of halogens is 1. The van der Waals surface area contributed by atoms with Crippen molar-refractivity contribution < 1.29 is 9.90 Å². The number of aromatic hydroxyl groups is 1. The van der Waals surface area contributed by atoms with E-state index < -0.39 is 5.91 Å². The van der Waals surface area contributed by atoms with Gasteiger partial charge in [0.05, 0.1) is 0 Å². The molecular formula is C16H11ClN2O2. The molecule has 0 radical (unpaired) electrons. The summed E-state index contributed by atoms with van der Waals surface area (Å²) in [6.07, 6.45) is 1.43. The number of amides is 1. The number of phenolic OH excluding ortho intramolecular Hbond substituents is 1. The monoisotopic (exact) mass is 298 g/mol. The Labute approximate surface area is 126 Å². The zero-order valence-electron chi connectivity index (χ0n) is 10.9. The van der Waals surface area contributed by atoms with Gasteiger partial charge in [0.2, 0.25) is 0 Å². The Morgan fingerprint density at radius 2 is 1.86 bits per heavy atom. The van der Waals surface area contributed by atoms with Gasteiger partial charge in [-0.3, -0.25) is 4.79 Å². The summed E-state index contributed by atoms with van der Waals surface area (Å²) in [5.41, 5.74) is 1.02. The third-order valence-corrected chi connectivity index (χ3v) is 3.04. The minimum absolute atomic E-state index is 0.0591. The van der Waals surface area contributed by atoms with Crippen molar-refractivity contribution in [2.24, 2.45) is 0 Å². The number of phenols is 1. The third kappa shape index (κ3) is 3.85. The van der Waals surface area contributed by atoms with Crippen molar-refractivity contribution in [2.45, 2.75) is 0 Å². The lowest BCUT2D eigenvalue weighted by Crippen LogP contribution is -2.13. The van der Waals surface area contributed by atoms with E-state index in [2.05, 4.69) is 5.32 Å². The largest absolute Gasteiger partial charge is 0.508 e. The van der Waals surface area contributed by atoms with Crippen LogP contribution in [0.5, 0.6) is 5.75 Å². The summed E-state index contributed by atoms with van der Waals surface area (Å²) >= 11 is 5.99. The second-order valence-electron chi connectivity index (χ2n) is 4.19. The fourth-order valence-corrected chi connectivity index (χ4v) is 1.83. The van der Waals surface area contributed by atoms with Gasteiger partial charge in [-0.2, -0.15) is 5.26 Å². The molecule has 104 valence electrons. The van der Waals surface area contributed by atoms with Crippen LogP contribution in [-0.4, -0.2) is 11.0 Å². The van der Waals surface area contributed by atoms with Gasteiger partial charge in [0, 0.05) is 10.7 Å². The minimum atomic E-state index is -0.539. The summed E-state index contributed by atoms with van der Waals surface area (Å²) in [4.78, 5) is 12.0. The lowest BCUT2D eigenvalue weighted by atomic mass is 10.1. The molecule has 0 aliphatic heterocycles. The summed E-state index contributed by atoms with van der Waals surface area (Å²) < 4.78 is 0. The zero-order valence-corrected chi connectivity index (χ0v) is 11.6. The van der Waals surface area contributed by atoms with Crippen molar-refractivity contribution in [3.8, 4) is 11.8 Å². The van der Waals surface area contributed by atoms with Crippen molar-refractivity contribution in [1.29, 1.82) is 5.26 Å². The molecule has 0 atom stereocenters. The first-order valence-corrected chi connectivity index (χ1v) is 6.44. The molecule has 5 heteroatoms. The van der Waals surface area contributed by atoms with Gasteiger partial charge in [-0.1, -0.05) is 29.8 Å². The van der Waals surface area contributed by atoms with Crippen LogP contribution in [0.25, 0.3) is 6.08 Å². The molecule has 0 spiro atoms. The van der Waals surface area contributed by atoms with E-state index in [0.29, 0.717) is 16.3 Å². The summed E-state index contributed by atoms with van der Waals surface area (Å²) in [6, 6.07) is 14.7.